The number of nitrogens with zero attached hydrogens (tertiary/aromatic N) is 2. The van der Waals surface area contributed by atoms with E-state index in [0.29, 0.717) is 11.6 Å². The molecule has 0 unspecified atom stereocenters. The zero-order valence-corrected chi connectivity index (χ0v) is 15.2. The molecule has 6 heteroatoms. The van der Waals surface area contributed by atoms with Crippen molar-refractivity contribution in [3.8, 4) is 11.3 Å². The van der Waals surface area contributed by atoms with Gasteiger partial charge in [0.15, 0.2) is 0 Å². The van der Waals surface area contributed by atoms with Crippen LogP contribution in [0.2, 0.25) is 0 Å². The quantitative estimate of drug-likeness (QED) is 0.701. The van der Waals surface area contributed by atoms with Gasteiger partial charge in [0.25, 0.3) is 5.91 Å². The molecular formula is C21H23N3O3. The number of aliphatic hydroxyl groups is 1. The van der Waals surface area contributed by atoms with E-state index in [1.165, 1.54) is 0 Å². The van der Waals surface area contributed by atoms with E-state index in [1.807, 2.05) is 48.8 Å². The Labute approximate surface area is 157 Å². The number of carbonyl (C=O) groups is 1. The first kappa shape index (κ1) is 17.5. The molecule has 1 aliphatic carbocycles. The van der Waals surface area contributed by atoms with Gasteiger partial charge in [-0.15, -0.1) is 0 Å². The summed E-state index contributed by atoms with van der Waals surface area (Å²) in [5.41, 5.74) is 2.51. The zero-order chi connectivity index (χ0) is 18.8. The van der Waals surface area contributed by atoms with Crippen LogP contribution in [0.1, 0.15) is 42.0 Å². The molecule has 1 saturated carbocycles. The second kappa shape index (κ2) is 7.40. The van der Waals surface area contributed by atoms with E-state index < -0.39 is 6.10 Å². The van der Waals surface area contributed by atoms with Crippen LogP contribution in [0.4, 0.5) is 0 Å². The van der Waals surface area contributed by atoms with Crippen molar-refractivity contribution in [2.75, 3.05) is 0 Å². The van der Waals surface area contributed by atoms with Gasteiger partial charge in [0.1, 0.15) is 5.69 Å². The highest BCUT2D eigenvalue weighted by atomic mass is 16.5. The van der Waals surface area contributed by atoms with Crippen molar-refractivity contribution in [1.82, 2.24) is 15.0 Å². The molecule has 1 atom stereocenters. The second-order valence-corrected chi connectivity index (χ2v) is 7.27. The Balaban J connectivity index is 1.27. The van der Waals surface area contributed by atoms with Crippen molar-refractivity contribution in [2.24, 2.45) is 5.92 Å². The van der Waals surface area contributed by atoms with E-state index in [9.17, 15) is 9.90 Å². The van der Waals surface area contributed by atoms with Gasteiger partial charge in [0, 0.05) is 36.6 Å². The van der Waals surface area contributed by atoms with Gasteiger partial charge in [-0.05, 0) is 37.3 Å². The molecule has 1 aliphatic rings. The van der Waals surface area contributed by atoms with Gasteiger partial charge in [0.2, 0.25) is 5.76 Å². The molecule has 140 valence electrons. The minimum atomic E-state index is -0.442. The molecule has 1 aromatic carbocycles. The lowest BCUT2D eigenvalue weighted by molar-refractivity contribution is 0.0844. The summed E-state index contributed by atoms with van der Waals surface area (Å²) in [7, 11) is 0. The zero-order valence-electron chi connectivity index (χ0n) is 15.2. The maximum Gasteiger partial charge on any atom is 0.290 e. The predicted octanol–water partition coefficient (Wildman–Crippen LogP) is 3.41. The van der Waals surface area contributed by atoms with Crippen LogP contribution in [0.3, 0.4) is 0 Å². The molecule has 0 radical (unpaired) electrons. The molecule has 0 saturated heterocycles. The highest BCUT2D eigenvalue weighted by Gasteiger charge is 2.31. The van der Waals surface area contributed by atoms with Crippen molar-refractivity contribution in [2.45, 2.75) is 38.5 Å². The van der Waals surface area contributed by atoms with E-state index in [4.69, 9.17) is 4.52 Å². The van der Waals surface area contributed by atoms with Crippen LogP contribution in [0, 0.1) is 5.92 Å². The molecule has 4 rings (SSSR count). The lowest BCUT2D eigenvalue weighted by Crippen LogP contribution is -2.45. The summed E-state index contributed by atoms with van der Waals surface area (Å²) >= 11 is 0. The Morgan fingerprint density at radius 3 is 2.81 bits per heavy atom. The van der Waals surface area contributed by atoms with Crippen LogP contribution in [-0.2, 0) is 6.54 Å². The Hall–Kier alpha value is -2.86. The number of carbonyl (C=O) groups excluding carboxylic acids is 1. The van der Waals surface area contributed by atoms with Gasteiger partial charge in [0.05, 0.1) is 6.10 Å². The van der Waals surface area contributed by atoms with Crippen molar-refractivity contribution in [1.29, 1.82) is 0 Å². The maximum atomic E-state index is 12.4. The number of rotatable bonds is 6. The summed E-state index contributed by atoms with van der Waals surface area (Å²) in [6.07, 6.45) is 5.41. The molecule has 1 fully saturated rings. The van der Waals surface area contributed by atoms with Gasteiger partial charge in [-0.1, -0.05) is 35.5 Å². The summed E-state index contributed by atoms with van der Waals surface area (Å²) in [5.74, 6) is 0.550. The lowest BCUT2D eigenvalue weighted by atomic mass is 9.80. The topological polar surface area (TPSA) is 80.3 Å². The highest BCUT2D eigenvalue weighted by Crippen LogP contribution is 2.30. The van der Waals surface area contributed by atoms with E-state index >= 15 is 0 Å². The van der Waals surface area contributed by atoms with E-state index in [1.54, 1.807) is 13.0 Å². The minimum Gasteiger partial charge on any atom is -0.389 e. The van der Waals surface area contributed by atoms with E-state index in [2.05, 4.69) is 15.0 Å². The summed E-state index contributed by atoms with van der Waals surface area (Å²) in [6, 6.07) is 13.4. The third-order valence-electron chi connectivity index (χ3n) is 5.10. The lowest BCUT2D eigenvalue weighted by Gasteiger charge is -2.35. The number of hydrogen-bond donors (Lipinski definition) is 2. The Morgan fingerprint density at radius 1 is 1.33 bits per heavy atom. The largest absolute Gasteiger partial charge is 0.389 e. The summed E-state index contributed by atoms with van der Waals surface area (Å²) in [5, 5.41) is 16.6. The molecule has 2 N–H and O–H groups in total. The molecule has 1 amide bonds. The average molecular weight is 365 g/mol. The van der Waals surface area contributed by atoms with Crippen LogP contribution in [-0.4, -0.2) is 26.8 Å². The maximum absolute atomic E-state index is 12.4. The molecule has 6 nitrogen and oxygen atoms in total. The fourth-order valence-electron chi connectivity index (χ4n) is 3.50. The molecule has 2 heterocycles. The predicted molar refractivity (Wildman–Crippen MR) is 101 cm³/mol. The second-order valence-electron chi connectivity index (χ2n) is 7.27. The van der Waals surface area contributed by atoms with Crippen LogP contribution in [0.25, 0.3) is 11.3 Å². The Morgan fingerprint density at radius 2 is 2.11 bits per heavy atom. The normalized spacial score (nSPS) is 20.1. The van der Waals surface area contributed by atoms with Crippen molar-refractivity contribution < 1.29 is 14.4 Å². The first-order chi connectivity index (χ1) is 13.1. The SMILES string of the molecule is C[C@H](O)c1ccn(CC2CC(NC(=O)c3cc(-c4ccccc4)no3)C2)c1. The smallest absolute Gasteiger partial charge is 0.290 e. The van der Waals surface area contributed by atoms with Crippen molar-refractivity contribution in [3.05, 3.63) is 66.2 Å². The molecule has 0 bridgehead atoms. The summed E-state index contributed by atoms with van der Waals surface area (Å²) in [6.45, 7) is 2.67. The van der Waals surface area contributed by atoms with Crippen LogP contribution in [0.15, 0.2) is 59.4 Å². The summed E-state index contributed by atoms with van der Waals surface area (Å²) < 4.78 is 7.31. The number of hydrogen-bond acceptors (Lipinski definition) is 4. The third kappa shape index (κ3) is 3.95. The van der Waals surface area contributed by atoms with E-state index in [0.717, 1.165) is 30.5 Å². The van der Waals surface area contributed by atoms with Crippen molar-refractivity contribution >= 4 is 5.91 Å². The number of aliphatic hydroxyl groups excluding tert-OH is 1. The van der Waals surface area contributed by atoms with Crippen LogP contribution < -0.4 is 5.32 Å². The van der Waals surface area contributed by atoms with E-state index in [-0.39, 0.29) is 17.7 Å². The minimum absolute atomic E-state index is 0.166. The average Bonchev–Trinajstić information content (AvgIpc) is 3.30. The monoisotopic (exact) mass is 365 g/mol. The summed E-state index contributed by atoms with van der Waals surface area (Å²) in [4.78, 5) is 12.4. The molecule has 0 aliphatic heterocycles. The molecule has 0 spiro atoms. The van der Waals surface area contributed by atoms with Gasteiger partial charge in [-0.3, -0.25) is 4.79 Å². The fraction of sp³-hybridized carbons (Fsp3) is 0.333. The third-order valence-corrected chi connectivity index (χ3v) is 5.10. The number of nitrogens with one attached hydrogen (secondary N) is 1. The Bertz CT molecular complexity index is 908. The molecule has 3 aromatic rings. The van der Waals surface area contributed by atoms with Crippen LogP contribution in [0.5, 0.6) is 0 Å². The molecular weight excluding hydrogens is 342 g/mol. The number of benzene rings is 1. The van der Waals surface area contributed by atoms with Gasteiger partial charge < -0.3 is 19.5 Å². The number of aromatic nitrogens is 2. The van der Waals surface area contributed by atoms with Crippen molar-refractivity contribution in [3.63, 3.8) is 0 Å². The first-order valence-electron chi connectivity index (χ1n) is 9.25. The molecule has 2 aromatic heterocycles. The number of amides is 1. The van der Waals surface area contributed by atoms with Gasteiger partial charge in [-0.25, -0.2) is 0 Å². The van der Waals surface area contributed by atoms with Crippen LogP contribution >= 0.6 is 0 Å². The first-order valence-corrected chi connectivity index (χ1v) is 9.25. The highest BCUT2D eigenvalue weighted by molar-refractivity contribution is 5.92. The van der Waals surface area contributed by atoms with Gasteiger partial charge in [-0.2, -0.15) is 0 Å². The molecule has 27 heavy (non-hydrogen) atoms. The fourth-order valence-corrected chi connectivity index (χ4v) is 3.50. The van der Waals surface area contributed by atoms with Gasteiger partial charge >= 0.3 is 0 Å². The standard InChI is InChI=1S/C21H23N3O3/c1-14(25)17-7-8-24(13-17)12-15-9-18(10-15)22-21(26)20-11-19(23-27-20)16-5-3-2-4-6-16/h2-8,11,13-15,18,25H,9-10,12H2,1H3,(H,22,26)/t14-,15?,18?/m0/s1. The Kier molecular flexibility index (Phi) is 4.81.